The minimum atomic E-state index is -0.267. The van der Waals surface area contributed by atoms with Crippen molar-refractivity contribution in [3.8, 4) is 5.75 Å². The van der Waals surface area contributed by atoms with Gasteiger partial charge in [0.2, 0.25) is 0 Å². The van der Waals surface area contributed by atoms with Crippen LogP contribution in [0.5, 0.6) is 5.75 Å². The van der Waals surface area contributed by atoms with E-state index in [2.05, 4.69) is 15.9 Å². The normalized spacial score (nSPS) is 12.2. The largest absolute Gasteiger partial charge is 0.497 e. The van der Waals surface area contributed by atoms with Gasteiger partial charge in [-0.3, -0.25) is 0 Å². The second-order valence-corrected chi connectivity index (χ2v) is 5.56. The maximum Gasteiger partial charge on any atom is 0.118 e. The number of methoxy groups -OCH3 is 1. The zero-order chi connectivity index (χ0) is 13.1. The number of rotatable bonds is 3. The van der Waals surface area contributed by atoms with Crippen LogP contribution in [0.4, 0.5) is 0 Å². The number of hydrogen-bond donors (Lipinski definition) is 0. The highest BCUT2D eigenvalue weighted by atomic mass is 79.9. The molecule has 2 rings (SSSR count). The van der Waals surface area contributed by atoms with Gasteiger partial charge in [0, 0.05) is 9.50 Å². The van der Waals surface area contributed by atoms with Crippen LogP contribution in [0.1, 0.15) is 16.5 Å². The van der Waals surface area contributed by atoms with Crippen LogP contribution in [0, 0.1) is 0 Å². The molecule has 0 aliphatic heterocycles. The Labute approximate surface area is 125 Å². The molecule has 1 nitrogen and oxygen atoms in total. The van der Waals surface area contributed by atoms with Crippen LogP contribution < -0.4 is 4.74 Å². The molecule has 0 fully saturated rings. The predicted molar refractivity (Wildman–Crippen MR) is 79.8 cm³/mol. The third-order valence-electron chi connectivity index (χ3n) is 2.64. The molecule has 0 heterocycles. The Balaban J connectivity index is 2.31. The second-order valence-electron chi connectivity index (χ2n) is 3.80. The molecule has 0 bridgehead atoms. The van der Waals surface area contributed by atoms with Crippen LogP contribution in [0.2, 0.25) is 5.02 Å². The lowest BCUT2D eigenvalue weighted by Gasteiger charge is -2.13. The summed E-state index contributed by atoms with van der Waals surface area (Å²) in [6.45, 7) is 0. The molecule has 94 valence electrons. The lowest BCUT2D eigenvalue weighted by atomic mass is 10.0. The fourth-order valence-corrected chi connectivity index (χ4v) is 2.83. The summed E-state index contributed by atoms with van der Waals surface area (Å²) in [4.78, 5) is 0. The summed E-state index contributed by atoms with van der Waals surface area (Å²) in [5.74, 6) is 0.810. The van der Waals surface area contributed by atoms with Gasteiger partial charge in [0.15, 0.2) is 0 Å². The maximum absolute atomic E-state index is 6.44. The van der Waals surface area contributed by atoms with E-state index in [9.17, 15) is 0 Å². The van der Waals surface area contributed by atoms with Gasteiger partial charge in [0.25, 0.3) is 0 Å². The monoisotopic (exact) mass is 344 g/mol. The summed E-state index contributed by atoms with van der Waals surface area (Å²) in [5, 5.41) is 0.386. The van der Waals surface area contributed by atoms with Crippen molar-refractivity contribution in [3.05, 3.63) is 63.1 Å². The first-order chi connectivity index (χ1) is 8.61. The lowest BCUT2D eigenvalue weighted by Crippen LogP contribution is -1.94. The molecule has 0 saturated carbocycles. The van der Waals surface area contributed by atoms with Gasteiger partial charge in [-0.25, -0.2) is 0 Å². The van der Waals surface area contributed by atoms with E-state index < -0.39 is 0 Å². The summed E-state index contributed by atoms with van der Waals surface area (Å²) in [6.07, 6.45) is 0. The van der Waals surface area contributed by atoms with E-state index in [4.69, 9.17) is 27.9 Å². The summed E-state index contributed by atoms with van der Waals surface area (Å²) in [6, 6.07) is 13.4. The smallest absolute Gasteiger partial charge is 0.118 e. The van der Waals surface area contributed by atoms with Gasteiger partial charge < -0.3 is 4.74 Å². The van der Waals surface area contributed by atoms with Crippen LogP contribution >= 0.6 is 39.1 Å². The lowest BCUT2D eigenvalue weighted by molar-refractivity contribution is 0.414. The predicted octanol–water partition coefficient (Wildman–Crippen LogP) is 5.44. The molecular formula is C14H11BrCl2O. The first kappa shape index (κ1) is 13.7. The second kappa shape index (κ2) is 5.96. The van der Waals surface area contributed by atoms with E-state index in [1.54, 1.807) is 7.11 Å². The highest BCUT2D eigenvalue weighted by Gasteiger charge is 2.14. The van der Waals surface area contributed by atoms with Crippen LogP contribution in [0.15, 0.2) is 46.9 Å². The molecule has 2 aromatic rings. The van der Waals surface area contributed by atoms with Crippen molar-refractivity contribution in [2.75, 3.05) is 7.11 Å². The Hall–Kier alpha value is -0.700. The molecule has 0 spiro atoms. The molecule has 0 aliphatic rings. The number of ether oxygens (including phenoxy) is 1. The molecule has 1 unspecified atom stereocenters. The third-order valence-corrected chi connectivity index (χ3v) is 3.95. The molecule has 0 amide bonds. The van der Waals surface area contributed by atoms with Gasteiger partial charge in [-0.05, 0) is 35.4 Å². The minimum absolute atomic E-state index is 0.267. The topological polar surface area (TPSA) is 9.23 Å². The van der Waals surface area contributed by atoms with E-state index in [0.717, 1.165) is 21.3 Å². The number of alkyl halides is 1. The fourth-order valence-electron chi connectivity index (χ4n) is 1.66. The summed E-state index contributed by atoms with van der Waals surface area (Å²) in [7, 11) is 1.64. The standard InChI is InChI=1S/C14H11BrCl2O/c1-18-11-5-2-9(3-6-11)14(17)12-7-4-10(15)8-13(12)16/h2-8,14H,1H3. The van der Waals surface area contributed by atoms with Gasteiger partial charge in [0.1, 0.15) is 5.75 Å². The number of halogens is 3. The van der Waals surface area contributed by atoms with E-state index in [1.165, 1.54) is 0 Å². The Kier molecular flexibility index (Phi) is 4.55. The zero-order valence-corrected chi connectivity index (χ0v) is 12.8. The molecule has 0 aliphatic carbocycles. The van der Waals surface area contributed by atoms with Crippen LogP contribution in [-0.2, 0) is 0 Å². The molecule has 2 aromatic carbocycles. The fraction of sp³-hybridized carbons (Fsp3) is 0.143. The number of benzene rings is 2. The van der Waals surface area contributed by atoms with Gasteiger partial charge in [0.05, 0.1) is 12.5 Å². The SMILES string of the molecule is COc1ccc(C(Cl)c2ccc(Br)cc2Cl)cc1. The summed E-state index contributed by atoms with van der Waals surface area (Å²) in [5.41, 5.74) is 1.88. The van der Waals surface area contributed by atoms with Crippen molar-refractivity contribution in [3.63, 3.8) is 0 Å². The highest BCUT2D eigenvalue weighted by Crippen LogP contribution is 2.35. The van der Waals surface area contributed by atoms with Crippen molar-refractivity contribution < 1.29 is 4.74 Å². The molecule has 18 heavy (non-hydrogen) atoms. The first-order valence-corrected chi connectivity index (χ1v) is 6.95. The molecule has 1 atom stereocenters. The van der Waals surface area contributed by atoms with Crippen LogP contribution in [-0.4, -0.2) is 7.11 Å². The molecule has 4 heteroatoms. The Bertz CT molecular complexity index is 540. The van der Waals surface area contributed by atoms with E-state index >= 15 is 0 Å². The Morgan fingerprint density at radius 1 is 1.11 bits per heavy atom. The average molecular weight is 346 g/mol. The van der Waals surface area contributed by atoms with Gasteiger partial charge in [-0.2, -0.15) is 0 Å². The molecule has 0 N–H and O–H groups in total. The number of hydrogen-bond acceptors (Lipinski definition) is 1. The Morgan fingerprint density at radius 3 is 2.33 bits per heavy atom. The van der Waals surface area contributed by atoms with Gasteiger partial charge in [-0.15, -0.1) is 11.6 Å². The summed E-state index contributed by atoms with van der Waals surface area (Å²) < 4.78 is 6.06. The van der Waals surface area contributed by atoms with Gasteiger partial charge >= 0.3 is 0 Å². The zero-order valence-electron chi connectivity index (χ0n) is 9.66. The highest BCUT2D eigenvalue weighted by molar-refractivity contribution is 9.10. The molecular weight excluding hydrogens is 335 g/mol. The Morgan fingerprint density at radius 2 is 1.78 bits per heavy atom. The molecule has 0 saturated heterocycles. The maximum atomic E-state index is 6.44. The van der Waals surface area contributed by atoms with Crippen molar-refractivity contribution in [2.45, 2.75) is 5.38 Å². The molecule has 0 aromatic heterocycles. The quantitative estimate of drug-likeness (QED) is 0.673. The average Bonchev–Trinajstić information content (AvgIpc) is 2.38. The third kappa shape index (κ3) is 3.00. The minimum Gasteiger partial charge on any atom is -0.497 e. The van der Waals surface area contributed by atoms with Crippen molar-refractivity contribution in [2.24, 2.45) is 0 Å². The van der Waals surface area contributed by atoms with Crippen molar-refractivity contribution in [1.82, 2.24) is 0 Å². The van der Waals surface area contributed by atoms with E-state index in [1.807, 2.05) is 42.5 Å². The van der Waals surface area contributed by atoms with E-state index in [-0.39, 0.29) is 5.38 Å². The van der Waals surface area contributed by atoms with Crippen LogP contribution in [0.3, 0.4) is 0 Å². The van der Waals surface area contributed by atoms with Crippen molar-refractivity contribution in [1.29, 1.82) is 0 Å². The summed E-state index contributed by atoms with van der Waals surface area (Å²) >= 11 is 16.0. The van der Waals surface area contributed by atoms with Gasteiger partial charge in [-0.1, -0.05) is 45.7 Å². The van der Waals surface area contributed by atoms with Crippen molar-refractivity contribution >= 4 is 39.1 Å². The molecule has 0 radical (unpaired) electrons. The first-order valence-electron chi connectivity index (χ1n) is 5.35. The van der Waals surface area contributed by atoms with Crippen LogP contribution in [0.25, 0.3) is 0 Å². The van der Waals surface area contributed by atoms with E-state index in [0.29, 0.717) is 5.02 Å².